The molecule has 1 aromatic heterocycles. The lowest BCUT2D eigenvalue weighted by atomic mass is 9.93. The lowest BCUT2D eigenvalue weighted by Crippen LogP contribution is -2.16. The van der Waals surface area contributed by atoms with Crippen LogP contribution in [-0.4, -0.2) is 17.9 Å². The van der Waals surface area contributed by atoms with E-state index in [0.717, 1.165) is 22.6 Å². The van der Waals surface area contributed by atoms with Crippen molar-refractivity contribution in [1.29, 1.82) is 5.41 Å². The van der Waals surface area contributed by atoms with Gasteiger partial charge in [0.25, 0.3) is 0 Å². The SMILES string of the molecule is COc1ccc(-c2ncc(N)c(C(=N)N)c2-c2ccc(Oc3ccccc3)cc2)cc1. The number of methoxy groups -OCH3 is 1. The molecule has 6 heteroatoms. The summed E-state index contributed by atoms with van der Waals surface area (Å²) in [7, 11) is 1.62. The maximum absolute atomic E-state index is 8.11. The molecule has 154 valence electrons. The summed E-state index contributed by atoms with van der Waals surface area (Å²) in [6, 6.07) is 24.7. The number of benzene rings is 3. The molecule has 0 fully saturated rings. The smallest absolute Gasteiger partial charge is 0.127 e. The van der Waals surface area contributed by atoms with Crippen LogP contribution in [0, 0.1) is 5.41 Å². The minimum Gasteiger partial charge on any atom is -0.497 e. The molecule has 6 nitrogen and oxygen atoms in total. The van der Waals surface area contributed by atoms with E-state index in [1.54, 1.807) is 7.11 Å². The van der Waals surface area contributed by atoms with Crippen LogP contribution in [0.1, 0.15) is 5.56 Å². The van der Waals surface area contributed by atoms with E-state index in [4.69, 9.17) is 26.4 Å². The van der Waals surface area contributed by atoms with Crippen molar-refractivity contribution in [2.45, 2.75) is 0 Å². The molecule has 3 aromatic carbocycles. The Morgan fingerprint density at radius 2 is 1.39 bits per heavy atom. The van der Waals surface area contributed by atoms with Gasteiger partial charge in [-0.1, -0.05) is 30.3 Å². The van der Waals surface area contributed by atoms with Crippen LogP contribution in [-0.2, 0) is 0 Å². The van der Waals surface area contributed by atoms with Gasteiger partial charge >= 0.3 is 0 Å². The van der Waals surface area contributed by atoms with Gasteiger partial charge < -0.3 is 20.9 Å². The molecular formula is C25H22N4O2. The molecule has 0 radical (unpaired) electrons. The van der Waals surface area contributed by atoms with Gasteiger partial charge in [-0.3, -0.25) is 10.4 Å². The molecule has 0 saturated heterocycles. The molecule has 5 N–H and O–H groups in total. The van der Waals surface area contributed by atoms with Crippen LogP contribution in [0.2, 0.25) is 0 Å². The van der Waals surface area contributed by atoms with Gasteiger partial charge in [0.2, 0.25) is 0 Å². The summed E-state index contributed by atoms with van der Waals surface area (Å²) in [6.07, 6.45) is 1.53. The number of nitrogens with one attached hydrogen (secondary N) is 1. The number of nitrogens with two attached hydrogens (primary N) is 2. The van der Waals surface area contributed by atoms with Crippen LogP contribution in [0.15, 0.2) is 85.1 Å². The van der Waals surface area contributed by atoms with E-state index in [-0.39, 0.29) is 5.84 Å². The highest BCUT2D eigenvalue weighted by Gasteiger charge is 2.19. The van der Waals surface area contributed by atoms with Crippen LogP contribution in [0.4, 0.5) is 5.69 Å². The lowest BCUT2D eigenvalue weighted by molar-refractivity contribution is 0.415. The van der Waals surface area contributed by atoms with Crippen molar-refractivity contribution < 1.29 is 9.47 Å². The molecule has 0 bridgehead atoms. The quantitative estimate of drug-likeness (QED) is 0.303. The molecule has 0 saturated carbocycles. The Bertz CT molecular complexity index is 1200. The minimum atomic E-state index is -0.116. The summed E-state index contributed by atoms with van der Waals surface area (Å²) in [5.74, 6) is 2.08. The summed E-state index contributed by atoms with van der Waals surface area (Å²) in [6.45, 7) is 0. The third-order valence-electron chi connectivity index (χ3n) is 4.86. The normalized spacial score (nSPS) is 10.5. The Hall–Kier alpha value is -4.32. The van der Waals surface area contributed by atoms with Crippen molar-refractivity contribution in [3.05, 3.63) is 90.6 Å². The van der Waals surface area contributed by atoms with E-state index in [2.05, 4.69) is 4.98 Å². The average Bonchev–Trinajstić information content (AvgIpc) is 2.80. The molecule has 4 rings (SSSR count). The number of para-hydroxylation sites is 1. The number of hydrogen-bond acceptors (Lipinski definition) is 5. The molecule has 0 unspecified atom stereocenters. The number of ether oxygens (including phenoxy) is 2. The van der Waals surface area contributed by atoms with Gasteiger partial charge in [-0.25, -0.2) is 0 Å². The Morgan fingerprint density at radius 3 is 2.00 bits per heavy atom. The third kappa shape index (κ3) is 4.18. The summed E-state index contributed by atoms with van der Waals surface area (Å²) in [5.41, 5.74) is 15.9. The van der Waals surface area contributed by atoms with Gasteiger partial charge in [-0.15, -0.1) is 0 Å². The monoisotopic (exact) mass is 410 g/mol. The highest BCUT2D eigenvalue weighted by atomic mass is 16.5. The molecule has 0 atom stereocenters. The zero-order valence-electron chi connectivity index (χ0n) is 17.0. The van der Waals surface area contributed by atoms with Crippen LogP contribution < -0.4 is 20.9 Å². The molecular weight excluding hydrogens is 388 g/mol. The molecule has 0 aliphatic rings. The predicted molar refractivity (Wildman–Crippen MR) is 124 cm³/mol. The fourth-order valence-corrected chi connectivity index (χ4v) is 3.38. The Balaban J connectivity index is 1.80. The first-order valence-electron chi connectivity index (χ1n) is 9.67. The van der Waals surface area contributed by atoms with E-state index in [9.17, 15) is 0 Å². The summed E-state index contributed by atoms with van der Waals surface area (Å²) >= 11 is 0. The maximum Gasteiger partial charge on any atom is 0.127 e. The summed E-state index contributed by atoms with van der Waals surface area (Å²) in [5, 5.41) is 8.11. The Morgan fingerprint density at radius 1 is 0.806 bits per heavy atom. The first-order chi connectivity index (χ1) is 15.1. The first-order valence-corrected chi connectivity index (χ1v) is 9.67. The lowest BCUT2D eigenvalue weighted by Gasteiger charge is -2.17. The van der Waals surface area contributed by atoms with Gasteiger partial charge in [0.15, 0.2) is 0 Å². The topological polar surface area (TPSA) is 107 Å². The van der Waals surface area contributed by atoms with Crippen LogP contribution in [0.25, 0.3) is 22.4 Å². The van der Waals surface area contributed by atoms with Crippen molar-refractivity contribution >= 4 is 11.5 Å². The molecule has 0 aliphatic heterocycles. The number of amidine groups is 1. The van der Waals surface area contributed by atoms with Gasteiger partial charge in [-0.2, -0.15) is 0 Å². The fraction of sp³-hybridized carbons (Fsp3) is 0.0400. The van der Waals surface area contributed by atoms with E-state index >= 15 is 0 Å². The summed E-state index contributed by atoms with van der Waals surface area (Å²) < 4.78 is 11.1. The number of nitrogens with zero attached hydrogens (tertiary/aromatic N) is 1. The van der Waals surface area contributed by atoms with Crippen molar-refractivity contribution in [2.24, 2.45) is 5.73 Å². The zero-order chi connectivity index (χ0) is 21.8. The molecule has 0 spiro atoms. The Labute approximate surface area is 180 Å². The number of nitrogen functional groups attached to an aromatic ring is 2. The Kier molecular flexibility index (Phi) is 5.53. The fourth-order valence-electron chi connectivity index (χ4n) is 3.38. The van der Waals surface area contributed by atoms with E-state index in [1.165, 1.54) is 6.20 Å². The van der Waals surface area contributed by atoms with E-state index in [0.29, 0.717) is 28.3 Å². The van der Waals surface area contributed by atoms with Crippen LogP contribution >= 0.6 is 0 Å². The van der Waals surface area contributed by atoms with Crippen molar-refractivity contribution in [1.82, 2.24) is 4.98 Å². The zero-order valence-corrected chi connectivity index (χ0v) is 17.0. The minimum absolute atomic E-state index is 0.116. The van der Waals surface area contributed by atoms with Gasteiger partial charge in [-0.05, 0) is 54.1 Å². The highest BCUT2D eigenvalue weighted by Crippen LogP contribution is 2.37. The highest BCUT2D eigenvalue weighted by molar-refractivity contribution is 6.08. The predicted octanol–water partition coefficient (Wildman–Crippen LogP) is 5.08. The number of anilines is 1. The average molecular weight is 410 g/mol. The maximum atomic E-state index is 8.11. The second-order valence-corrected chi connectivity index (χ2v) is 6.89. The largest absolute Gasteiger partial charge is 0.497 e. The van der Waals surface area contributed by atoms with E-state index in [1.807, 2.05) is 78.9 Å². The number of rotatable bonds is 6. The second-order valence-electron chi connectivity index (χ2n) is 6.89. The molecule has 0 aliphatic carbocycles. The standard InChI is InChI=1S/C25H22N4O2/c1-30-18-11-9-17(10-12-18)24-22(23(25(27)28)21(26)15-29-24)16-7-13-20(14-8-16)31-19-5-3-2-4-6-19/h2-15H,26H2,1H3,(H3,27,28). The van der Waals surface area contributed by atoms with Gasteiger partial charge in [0.05, 0.1) is 30.3 Å². The number of pyridine rings is 1. The molecule has 1 heterocycles. The van der Waals surface area contributed by atoms with Crippen LogP contribution in [0.5, 0.6) is 17.2 Å². The third-order valence-corrected chi connectivity index (χ3v) is 4.86. The summed E-state index contributed by atoms with van der Waals surface area (Å²) in [4.78, 5) is 4.56. The van der Waals surface area contributed by atoms with Crippen molar-refractivity contribution in [3.63, 3.8) is 0 Å². The van der Waals surface area contributed by atoms with Gasteiger partial charge in [0, 0.05) is 11.1 Å². The number of aromatic nitrogens is 1. The molecule has 4 aromatic rings. The first kappa shape index (κ1) is 20.0. The van der Waals surface area contributed by atoms with E-state index < -0.39 is 0 Å². The molecule has 0 amide bonds. The van der Waals surface area contributed by atoms with Crippen molar-refractivity contribution in [2.75, 3.05) is 12.8 Å². The second kappa shape index (κ2) is 8.59. The number of hydrogen-bond donors (Lipinski definition) is 3. The van der Waals surface area contributed by atoms with Crippen molar-refractivity contribution in [3.8, 4) is 39.6 Å². The molecule has 31 heavy (non-hydrogen) atoms. The van der Waals surface area contributed by atoms with Crippen LogP contribution in [0.3, 0.4) is 0 Å². The van der Waals surface area contributed by atoms with Gasteiger partial charge in [0.1, 0.15) is 23.1 Å².